The van der Waals surface area contributed by atoms with Crippen LogP contribution < -0.4 is 0 Å². The summed E-state index contributed by atoms with van der Waals surface area (Å²) in [5.74, 6) is -0.315. The van der Waals surface area contributed by atoms with Crippen LogP contribution in [0.5, 0.6) is 0 Å². The molecular formula is C30H24ClN3O3. The number of fused-ring (bicyclic) bond motifs is 1. The number of carbonyl (C=O) groups excluding carboxylic acids is 3. The van der Waals surface area contributed by atoms with Gasteiger partial charge in [-0.1, -0.05) is 48.0 Å². The minimum Gasteiger partial charge on any atom is -0.324 e. The molecular weight excluding hydrogens is 486 g/mol. The Morgan fingerprint density at radius 2 is 1.73 bits per heavy atom. The van der Waals surface area contributed by atoms with Crippen molar-refractivity contribution in [3.63, 3.8) is 0 Å². The maximum Gasteiger partial charge on any atom is 0.255 e. The average molecular weight is 510 g/mol. The molecule has 6 nitrogen and oxygen atoms in total. The smallest absolute Gasteiger partial charge is 0.255 e. The van der Waals surface area contributed by atoms with E-state index in [2.05, 4.69) is 9.97 Å². The Kier molecular flexibility index (Phi) is 7.19. The van der Waals surface area contributed by atoms with E-state index in [9.17, 15) is 14.4 Å². The first-order chi connectivity index (χ1) is 18.0. The second-order valence-corrected chi connectivity index (χ2v) is 9.53. The lowest BCUT2D eigenvalue weighted by Crippen LogP contribution is -2.44. The molecule has 0 saturated heterocycles. The first-order valence-electron chi connectivity index (χ1n) is 12.0. The lowest BCUT2D eigenvalue weighted by Gasteiger charge is -2.29. The molecule has 0 unspecified atom stereocenters. The Morgan fingerprint density at radius 1 is 0.919 bits per heavy atom. The van der Waals surface area contributed by atoms with Gasteiger partial charge >= 0.3 is 0 Å². The van der Waals surface area contributed by atoms with Gasteiger partial charge in [-0.15, -0.1) is 0 Å². The Labute approximate surface area is 220 Å². The maximum atomic E-state index is 13.7. The number of amides is 1. The van der Waals surface area contributed by atoms with Crippen LogP contribution in [0.25, 0.3) is 0 Å². The van der Waals surface area contributed by atoms with Crippen LogP contribution in [0.15, 0.2) is 91.4 Å². The molecule has 0 fully saturated rings. The first kappa shape index (κ1) is 24.5. The monoisotopic (exact) mass is 509 g/mol. The summed E-state index contributed by atoms with van der Waals surface area (Å²) in [6.45, 7) is 0.256. The van der Waals surface area contributed by atoms with Crippen molar-refractivity contribution in [3.8, 4) is 0 Å². The summed E-state index contributed by atoms with van der Waals surface area (Å²) in [4.78, 5) is 49.6. The van der Waals surface area contributed by atoms with Gasteiger partial charge in [-0.25, -0.2) is 0 Å². The number of halogens is 1. The van der Waals surface area contributed by atoms with Crippen molar-refractivity contribution in [2.24, 2.45) is 0 Å². The summed E-state index contributed by atoms with van der Waals surface area (Å²) in [6, 6.07) is 21.0. The van der Waals surface area contributed by atoms with E-state index in [1.807, 2.05) is 36.4 Å². The van der Waals surface area contributed by atoms with Crippen molar-refractivity contribution >= 4 is 29.1 Å². The Balaban J connectivity index is 1.41. The topological polar surface area (TPSA) is 80.2 Å². The predicted octanol–water partition coefficient (Wildman–Crippen LogP) is 4.93. The van der Waals surface area contributed by atoms with Crippen molar-refractivity contribution in [2.75, 3.05) is 0 Å². The van der Waals surface area contributed by atoms with Crippen LogP contribution in [-0.4, -0.2) is 38.4 Å². The predicted molar refractivity (Wildman–Crippen MR) is 140 cm³/mol. The second kappa shape index (κ2) is 10.8. The molecule has 0 saturated carbocycles. The lowest BCUT2D eigenvalue weighted by molar-refractivity contribution is -0.122. The fraction of sp³-hybridized carbons (Fsp3) is 0.167. The minimum absolute atomic E-state index is 0.0456. The number of carbonyl (C=O) groups is 3. The number of ketones is 2. The van der Waals surface area contributed by atoms with E-state index in [1.165, 1.54) is 0 Å². The molecule has 0 bridgehead atoms. The van der Waals surface area contributed by atoms with Crippen molar-refractivity contribution < 1.29 is 14.4 Å². The second-order valence-electron chi connectivity index (χ2n) is 9.09. The number of pyridine rings is 2. The summed E-state index contributed by atoms with van der Waals surface area (Å²) in [5.41, 5.74) is 4.16. The maximum absolute atomic E-state index is 13.7. The number of nitrogens with zero attached hydrogens (tertiary/aromatic N) is 3. The van der Waals surface area contributed by atoms with Crippen molar-refractivity contribution in [3.05, 3.63) is 130 Å². The zero-order valence-electron chi connectivity index (χ0n) is 20.0. The van der Waals surface area contributed by atoms with Crippen LogP contribution in [0.1, 0.15) is 43.1 Å². The van der Waals surface area contributed by atoms with Gasteiger partial charge in [0.15, 0.2) is 11.6 Å². The third-order valence-electron chi connectivity index (χ3n) is 6.51. The SMILES string of the molecule is O=C(Cc1ccc(CN2C(=O)c3ccc(Cl)cc3CC(=O)[C@H]2Cc2cccnc2)cc1)c1ccccn1. The summed E-state index contributed by atoms with van der Waals surface area (Å²) in [6.07, 6.45) is 5.74. The van der Waals surface area contributed by atoms with Crippen LogP contribution in [-0.2, 0) is 30.6 Å². The molecule has 37 heavy (non-hydrogen) atoms. The Bertz CT molecular complexity index is 1440. The number of rotatable bonds is 7. The van der Waals surface area contributed by atoms with Gasteiger partial charge in [0.1, 0.15) is 5.69 Å². The third kappa shape index (κ3) is 5.65. The van der Waals surface area contributed by atoms with Crippen LogP contribution in [0.2, 0.25) is 5.02 Å². The fourth-order valence-electron chi connectivity index (χ4n) is 4.60. The summed E-state index contributed by atoms with van der Waals surface area (Å²) in [7, 11) is 0. The van der Waals surface area contributed by atoms with Gasteiger partial charge in [0.05, 0.1) is 6.04 Å². The highest BCUT2D eigenvalue weighted by molar-refractivity contribution is 6.30. The van der Waals surface area contributed by atoms with Gasteiger partial charge in [-0.3, -0.25) is 24.4 Å². The molecule has 3 heterocycles. The average Bonchev–Trinajstić information content (AvgIpc) is 3.00. The Morgan fingerprint density at radius 3 is 2.46 bits per heavy atom. The molecule has 2 aromatic carbocycles. The molecule has 2 aromatic heterocycles. The molecule has 1 amide bonds. The zero-order chi connectivity index (χ0) is 25.8. The third-order valence-corrected chi connectivity index (χ3v) is 6.75. The highest BCUT2D eigenvalue weighted by Crippen LogP contribution is 2.27. The molecule has 0 spiro atoms. The number of hydrogen-bond donors (Lipinski definition) is 0. The van der Waals surface area contributed by atoms with E-state index >= 15 is 0 Å². The molecule has 7 heteroatoms. The van der Waals surface area contributed by atoms with Gasteiger partial charge in [0.25, 0.3) is 5.91 Å². The van der Waals surface area contributed by atoms with Crippen LogP contribution in [0.4, 0.5) is 0 Å². The molecule has 1 atom stereocenters. The zero-order valence-corrected chi connectivity index (χ0v) is 20.8. The molecule has 0 aliphatic carbocycles. The number of benzene rings is 2. The minimum atomic E-state index is -0.645. The molecule has 0 radical (unpaired) electrons. The number of aromatic nitrogens is 2. The highest BCUT2D eigenvalue weighted by Gasteiger charge is 2.35. The van der Waals surface area contributed by atoms with Crippen molar-refractivity contribution in [2.45, 2.75) is 31.8 Å². The summed E-state index contributed by atoms with van der Waals surface area (Å²) >= 11 is 6.18. The van der Waals surface area contributed by atoms with E-state index in [0.29, 0.717) is 28.3 Å². The van der Waals surface area contributed by atoms with Crippen LogP contribution in [0.3, 0.4) is 0 Å². The standard InChI is InChI=1S/C30H24ClN3O3/c31-24-10-11-25-23(16-24)17-29(36)27(14-22-4-3-12-32-18-22)34(30(25)37)19-21-8-6-20(7-9-21)15-28(35)26-5-1-2-13-33-26/h1-13,16,18,27H,14-15,17,19H2/t27-/m1/s1. The quantitative estimate of drug-likeness (QED) is 0.330. The van der Waals surface area contributed by atoms with E-state index in [4.69, 9.17) is 11.6 Å². The largest absolute Gasteiger partial charge is 0.324 e. The lowest BCUT2D eigenvalue weighted by atomic mass is 9.98. The van der Waals surface area contributed by atoms with Gasteiger partial charge in [0.2, 0.25) is 0 Å². The normalized spacial score (nSPS) is 15.3. The van der Waals surface area contributed by atoms with Gasteiger partial charge in [-0.05, 0) is 58.7 Å². The molecule has 0 N–H and O–H groups in total. The summed E-state index contributed by atoms with van der Waals surface area (Å²) < 4.78 is 0. The number of hydrogen-bond acceptors (Lipinski definition) is 5. The fourth-order valence-corrected chi connectivity index (χ4v) is 4.80. The molecule has 1 aliphatic rings. The molecule has 184 valence electrons. The van der Waals surface area contributed by atoms with Gasteiger partial charge < -0.3 is 4.90 Å². The molecule has 1 aliphatic heterocycles. The van der Waals surface area contributed by atoms with E-state index in [1.54, 1.807) is 59.9 Å². The molecule has 5 rings (SSSR count). The van der Waals surface area contributed by atoms with Crippen LogP contribution >= 0.6 is 11.6 Å². The van der Waals surface area contributed by atoms with E-state index < -0.39 is 6.04 Å². The first-order valence-corrected chi connectivity index (χ1v) is 12.4. The van der Waals surface area contributed by atoms with E-state index in [0.717, 1.165) is 16.7 Å². The Hall–Kier alpha value is -4.16. The van der Waals surface area contributed by atoms with Crippen molar-refractivity contribution in [1.29, 1.82) is 0 Å². The number of Topliss-reactive ketones (excluding diaryl/α,β-unsaturated/α-hetero) is 2. The van der Waals surface area contributed by atoms with Gasteiger partial charge in [-0.2, -0.15) is 0 Å². The highest BCUT2D eigenvalue weighted by atomic mass is 35.5. The van der Waals surface area contributed by atoms with Crippen LogP contribution in [0, 0.1) is 0 Å². The molecule has 4 aromatic rings. The summed E-state index contributed by atoms with van der Waals surface area (Å²) in [5, 5.41) is 0.493. The van der Waals surface area contributed by atoms with Gasteiger partial charge in [0, 0.05) is 55.0 Å². The van der Waals surface area contributed by atoms with E-state index in [-0.39, 0.29) is 36.9 Å². The van der Waals surface area contributed by atoms with Crippen molar-refractivity contribution in [1.82, 2.24) is 14.9 Å².